The van der Waals surface area contributed by atoms with Crippen LogP contribution in [0.4, 0.5) is 4.39 Å². The van der Waals surface area contributed by atoms with Gasteiger partial charge in [-0.1, -0.05) is 25.2 Å². The van der Waals surface area contributed by atoms with Crippen LogP contribution in [0.15, 0.2) is 18.2 Å². The number of halogens is 1. The maximum atomic E-state index is 13.6. The first kappa shape index (κ1) is 16.3. The van der Waals surface area contributed by atoms with Crippen molar-refractivity contribution in [2.24, 2.45) is 5.73 Å². The zero-order valence-corrected chi connectivity index (χ0v) is 13.6. The number of hydrogen-bond donors (Lipinski definition) is 1. The van der Waals surface area contributed by atoms with E-state index in [1.54, 1.807) is 12.1 Å². The fourth-order valence-electron chi connectivity index (χ4n) is 3.11. The highest BCUT2D eigenvalue weighted by atomic mass is 32.1. The summed E-state index contributed by atoms with van der Waals surface area (Å²) in [5.41, 5.74) is 6.94. The van der Waals surface area contributed by atoms with Gasteiger partial charge < -0.3 is 10.6 Å². The quantitative estimate of drug-likeness (QED) is 0.818. The van der Waals surface area contributed by atoms with Gasteiger partial charge in [0.05, 0.1) is 0 Å². The molecule has 2 rings (SSSR count). The molecule has 1 aliphatic rings. The second kappa shape index (κ2) is 7.29. The Morgan fingerprint density at radius 3 is 2.95 bits per heavy atom. The average Bonchev–Trinajstić information content (AvgIpc) is 2.87. The van der Waals surface area contributed by atoms with Gasteiger partial charge in [-0.2, -0.15) is 0 Å². The van der Waals surface area contributed by atoms with Crippen molar-refractivity contribution >= 4 is 17.2 Å². The number of nitrogens with zero attached hydrogens (tertiary/aromatic N) is 2. The maximum Gasteiger partial charge on any atom is 0.133 e. The summed E-state index contributed by atoms with van der Waals surface area (Å²) < 4.78 is 13.6. The largest absolute Gasteiger partial charge is 0.389 e. The third kappa shape index (κ3) is 4.22. The molecule has 5 heteroatoms. The summed E-state index contributed by atoms with van der Waals surface area (Å²) in [5.74, 6) is -0.346. The van der Waals surface area contributed by atoms with Gasteiger partial charge in [-0.25, -0.2) is 4.39 Å². The van der Waals surface area contributed by atoms with Gasteiger partial charge in [0, 0.05) is 24.7 Å². The van der Waals surface area contributed by atoms with E-state index in [2.05, 4.69) is 23.8 Å². The fraction of sp³-hybridized carbons (Fsp3) is 0.562. The molecule has 1 atom stereocenters. The van der Waals surface area contributed by atoms with Crippen molar-refractivity contribution in [3.8, 4) is 0 Å². The van der Waals surface area contributed by atoms with Crippen LogP contribution in [0.3, 0.4) is 0 Å². The molecule has 1 aromatic rings. The number of nitrogens with two attached hydrogens (primary N) is 1. The predicted molar refractivity (Wildman–Crippen MR) is 88.9 cm³/mol. The SMILES string of the molecule is CCN1CCCC1CN(C)Cc1ccc(F)c(C(N)=S)c1. The Kier molecular flexibility index (Phi) is 5.67. The van der Waals surface area contributed by atoms with Crippen molar-refractivity contribution < 1.29 is 4.39 Å². The summed E-state index contributed by atoms with van der Waals surface area (Å²) in [6.07, 6.45) is 2.55. The fourth-order valence-corrected chi connectivity index (χ4v) is 3.27. The van der Waals surface area contributed by atoms with E-state index < -0.39 is 0 Å². The minimum atomic E-state index is -0.346. The Balaban J connectivity index is 1.98. The van der Waals surface area contributed by atoms with Crippen LogP contribution in [-0.2, 0) is 6.54 Å². The molecule has 0 aromatic heterocycles. The standard InChI is InChI=1S/C16H24FN3S/c1-3-20-8-4-5-13(20)11-19(2)10-12-6-7-15(17)14(9-12)16(18)21/h6-7,9,13H,3-5,8,10-11H2,1-2H3,(H2,18,21). The van der Waals surface area contributed by atoms with E-state index >= 15 is 0 Å². The summed E-state index contributed by atoms with van der Waals surface area (Å²) >= 11 is 4.89. The highest BCUT2D eigenvalue weighted by molar-refractivity contribution is 7.80. The lowest BCUT2D eigenvalue weighted by atomic mass is 10.1. The second-order valence-corrected chi connectivity index (χ2v) is 6.24. The minimum Gasteiger partial charge on any atom is -0.389 e. The Morgan fingerprint density at radius 1 is 1.52 bits per heavy atom. The van der Waals surface area contributed by atoms with Gasteiger partial charge in [0.2, 0.25) is 0 Å². The third-order valence-corrected chi connectivity index (χ3v) is 4.40. The van der Waals surface area contributed by atoms with Gasteiger partial charge in [-0.05, 0) is 50.7 Å². The molecule has 21 heavy (non-hydrogen) atoms. The van der Waals surface area contributed by atoms with Crippen LogP contribution < -0.4 is 5.73 Å². The lowest BCUT2D eigenvalue weighted by Crippen LogP contribution is -2.38. The molecular weight excluding hydrogens is 285 g/mol. The first-order valence-electron chi connectivity index (χ1n) is 7.52. The lowest BCUT2D eigenvalue weighted by Gasteiger charge is -2.27. The Bertz CT molecular complexity index is 506. The van der Waals surface area contributed by atoms with Crippen molar-refractivity contribution in [1.29, 1.82) is 0 Å². The van der Waals surface area contributed by atoms with Crippen molar-refractivity contribution in [2.45, 2.75) is 32.4 Å². The van der Waals surface area contributed by atoms with Gasteiger partial charge in [0.25, 0.3) is 0 Å². The number of benzene rings is 1. The first-order valence-corrected chi connectivity index (χ1v) is 7.93. The number of likely N-dealkylation sites (N-methyl/N-ethyl adjacent to an activating group) is 2. The molecule has 3 nitrogen and oxygen atoms in total. The van der Waals surface area contributed by atoms with Crippen LogP contribution in [0.2, 0.25) is 0 Å². The molecule has 1 saturated heterocycles. The van der Waals surface area contributed by atoms with E-state index in [1.165, 1.54) is 25.5 Å². The van der Waals surface area contributed by atoms with E-state index in [9.17, 15) is 4.39 Å². The number of likely N-dealkylation sites (tertiary alicyclic amines) is 1. The second-order valence-electron chi connectivity index (χ2n) is 5.80. The molecule has 2 N–H and O–H groups in total. The molecule has 0 saturated carbocycles. The molecule has 1 aliphatic heterocycles. The van der Waals surface area contributed by atoms with Crippen LogP contribution in [-0.4, -0.2) is 47.5 Å². The molecule has 0 aliphatic carbocycles. The molecule has 0 radical (unpaired) electrons. The third-order valence-electron chi connectivity index (χ3n) is 4.18. The van der Waals surface area contributed by atoms with E-state index in [-0.39, 0.29) is 10.8 Å². The topological polar surface area (TPSA) is 32.5 Å². The van der Waals surface area contributed by atoms with Gasteiger partial charge in [0.1, 0.15) is 10.8 Å². The first-order chi connectivity index (χ1) is 10.0. The van der Waals surface area contributed by atoms with Crippen molar-refractivity contribution in [1.82, 2.24) is 9.80 Å². The Hall–Kier alpha value is -1.04. The summed E-state index contributed by atoms with van der Waals surface area (Å²) in [6.45, 7) is 6.35. The van der Waals surface area contributed by atoms with Crippen LogP contribution >= 0.6 is 12.2 Å². The number of hydrogen-bond acceptors (Lipinski definition) is 3. The van der Waals surface area contributed by atoms with Gasteiger partial charge in [-0.15, -0.1) is 0 Å². The number of thiocarbonyl (C=S) groups is 1. The van der Waals surface area contributed by atoms with Crippen LogP contribution in [0, 0.1) is 5.82 Å². The molecule has 0 amide bonds. The molecule has 0 spiro atoms. The number of rotatable bonds is 6. The summed E-state index contributed by atoms with van der Waals surface area (Å²) in [7, 11) is 2.11. The van der Waals surface area contributed by atoms with Gasteiger partial charge in [-0.3, -0.25) is 4.90 Å². The average molecular weight is 309 g/mol. The summed E-state index contributed by atoms with van der Waals surface area (Å²) in [6, 6.07) is 5.65. The molecule has 1 heterocycles. The van der Waals surface area contributed by atoms with Gasteiger partial charge in [0.15, 0.2) is 0 Å². The minimum absolute atomic E-state index is 0.116. The van der Waals surface area contributed by atoms with E-state index in [0.717, 1.165) is 25.2 Å². The highest BCUT2D eigenvalue weighted by Gasteiger charge is 2.23. The smallest absolute Gasteiger partial charge is 0.133 e. The maximum absolute atomic E-state index is 13.6. The zero-order valence-electron chi connectivity index (χ0n) is 12.8. The van der Waals surface area contributed by atoms with E-state index in [4.69, 9.17) is 18.0 Å². The summed E-state index contributed by atoms with van der Waals surface area (Å²) in [5, 5.41) is 0. The van der Waals surface area contributed by atoms with Crippen LogP contribution in [0.25, 0.3) is 0 Å². The zero-order chi connectivity index (χ0) is 15.4. The monoisotopic (exact) mass is 309 g/mol. The van der Waals surface area contributed by atoms with Crippen molar-refractivity contribution in [3.05, 3.63) is 35.1 Å². The summed E-state index contributed by atoms with van der Waals surface area (Å²) in [4.78, 5) is 4.93. The normalized spacial score (nSPS) is 19.3. The molecule has 0 bridgehead atoms. The molecule has 1 aromatic carbocycles. The van der Waals surface area contributed by atoms with Crippen molar-refractivity contribution in [3.63, 3.8) is 0 Å². The molecule has 116 valence electrons. The highest BCUT2D eigenvalue weighted by Crippen LogP contribution is 2.18. The van der Waals surface area contributed by atoms with Gasteiger partial charge >= 0.3 is 0 Å². The van der Waals surface area contributed by atoms with Crippen LogP contribution in [0.1, 0.15) is 30.9 Å². The predicted octanol–water partition coefficient (Wildman–Crippen LogP) is 2.38. The molecule has 1 unspecified atom stereocenters. The Morgan fingerprint density at radius 2 is 2.29 bits per heavy atom. The molecular formula is C16H24FN3S. The molecule has 1 fully saturated rings. The Labute approximate surface area is 131 Å². The van der Waals surface area contributed by atoms with Crippen molar-refractivity contribution in [2.75, 3.05) is 26.7 Å². The van der Waals surface area contributed by atoms with E-state index in [1.807, 2.05) is 0 Å². The van der Waals surface area contributed by atoms with E-state index in [0.29, 0.717) is 11.6 Å². The lowest BCUT2D eigenvalue weighted by molar-refractivity contribution is 0.195. The van der Waals surface area contributed by atoms with Crippen LogP contribution in [0.5, 0.6) is 0 Å².